The summed E-state index contributed by atoms with van der Waals surface area (Å²) in [5.41, 5.74) is 6.08. The number of nitrogens with two attached hydrogens (primary N) is 1. The van der Waals surface area contributed by atoms with Crippen molar-refractivity contribution < 1.29 is 4.39 Å². The van der Waals surface area contributed by atoms with Crippen molar-refractivity contribution in [3.8, 4) is 6.07 Å². The molecule has 0 aliphatic carbocycles. The first-order valence-corrected chi connectivity index (χ1v) is 9.61. The third-order valence-electron chi connectivity index (χ3n) is 4.17. The molecule has 0 aliphatic heterocycles. The van der Waals surface area contributed by atoms with E-state index in [1.54, 1.807) is 16.7 Å². The monoisotopic (exact) mass is 396 g/mol. The number of rotatable bonds is 7. The highest BCUT2D eigenvalue weighted by Crippen LogP contribution is 2.25. The number of halogens is 1. The number of hydrogen-bond acceptors (Lipinski definition) is 4. The predicted molar refractivity (Wildman–Crippen MR) is 119 cm³/mol. The van der Waals surface area contributed by atoms with E-state index in [1.165, 1.54) is 6.20 Å². The van der Waals surface area contributed by atoms with Gasteiger partial charge in [-0.05, 0) is 32.9 Å². The number of anilines is 1. The molecule has 1 aromatic carbocycles. The van der Waals surface area contributed by atoms with Crippen LogP contribution in [0.3, 0.4) is 0 Å². The van der Waals surface area contributed by atoms with E-state index < -0.39 is 11.2 Å². The molecule has 1 heterocycles. The molecule has 1 aromatic heterocycles. The SMILES string of the molecule is C=C/C=C\C=C/C.CCCNCc1cc2c(c(N)c1F)c(=O)c(C#N)cn2CC. The first-order valence-electron chi connectivity index (χ1n) is 9.61. The minimum atomic E-state index is -0.592. The van der Waals surface area contributed by atoms with E-state index in [9.17, 15) is 9.18 Å². The first-order chi connectivity index (χ1) is 14.0. The third-order valence-corrected chi connectivity index (χ3v) is 4.17. The third kappa shape index (κ3) is 6.16. The highest BCUT2D eigenvalue weighted by Gasteiger charge is 2.17. The Morgan fingerprint density at radius 1 is 1.34 bits per heavy atom. The average Bonchev–Trinajstić information content (AvgIpc) is 2.72. The van der Waals surface area contributed by atoms with Gasteiger partial charge in [-0.3, -0.25) is 4.79 Å². The maximum Gasteiger partial charge on any atom is 0.209 e. The molecule has 0 unspecified atom stereocenters. The molecule has 5 nitrogen and oxygen atoms in total. The Bertz CT molecular complexity index is 997. The molecule has 154 valence electrons. The van der Waals surface area contributed by atoms with E-state index in [1.807, 2.05) is 51.1 Å². The summed E-state index contributed by atoms with van der Waals surface area (Å²) in [6.45, 7) is 11.1. The molecule has 0 aliphatic rings. The van der Waals surface area contributed by atoms with Crippen molar-refractivity contribution in [2.24, 2.45) is 0 Å². The topological polar surface area (TPSA) is 83.8 Å². The van der Waals surface area contributed by atoms with Crippen LogP contribution in [0.2, 0.25) is 0 Å². The number of allylic oxidation sites excluding steroid dienone is 5. The quantitative estimate of drug-likeness (QED) is 0.412. The number of hydrogen-bond donors (Lipinski definition) is 2. The van der Waals surface area contributed by atoms with Crippen LogP contribution in [0.5, 0.6) is 0 Å². The number of benzene rings is 1. The van der Waals surface area contributed by atoms with Gasteiger partial charge in [0, 0.05) is 24.8 Å². The molecular weight excluding hydrogens is 367 g/mol. The number of aryl methyl sites for hydroxylation is 1. The lowest BCUT2D eigenvalue weighted by Crippen LogP contribution is -2.19. The van der Waals surface area contributed by atoms with Crippen molar-refractivity contribution in [1.82, 2.24) is 9.88 Å². The maximum atomic E-state index is 14.4. The standard InChI is InChI=1S/C16H19FN4O.C7H10/c1-3-5-20-8-10-6-12-13(15(19)14(10)17)16(22)11(7-18)9-21(12)4-2;1-3-5-7-6-4-2/h6,9,20H,3-5,8,19H2,1-2H3;3-7H,1H2,2H3/b;6-4-,7-5-. The highest BCUT2D eigenvalue weighted by atomic mass is 19.1. The van der Waals surface area contributed by atoms with Crippen LogP contribution in [0.15, 0.2) is 54.0 Å². The second-order valence-corrected chi connectivity index (χ2v) is 6.25. The maximum absolute atomic E-state index is 14.4. The van der Waals surface area contributed by atoms with Gasteiger partial charge in [0.15, 0.2) is 5.82 Å². The van der Waals surface area contributed by atoms with Crippen LogP contribution in [0.25, 0.3) is 10.9 Å². The van der Waals surface area contributed by atoms with Gasteiger partial charge in [-0.2, -0.15) is 5.26 Å². The second-order valence-electron chi connectivity index (χ2n) is 6.25. The normalized spacial score (nSPS) is 10.9. The molecule has 0 spiro atoms. The summed E-state index contributed by atoms with van der Waals surface area (Å²) < 4.78 is 16.2. The molecule has 0 saturated heterocycles. The summed E-state index contributed by atoms with van der Waals surface area (Å²) in [6, 6.07) is 3.48. The van der Waals surface area contributed by atoms with Crippen molar-refractivity contribution in [3.05, 3.63) is 76.4 Å². The van der Waals surface area contributed by atoms with Crippen LogP contribution < -0.4 is 16.5 Å². The van der Waals surface area contributed by atoms with Gasteiger partial charge in [-0.25, -0.2) is 4.39 Å². The summed E-state index contributed by atoms with van der Waals surface area (Å²) in [5, 5.41) is 12.3. The Hall–Kier alpha value is -3.17. The molecule has 0 fully saturated rings. The molecule has 0 radical (unpaired) electrons. The average molecular weight is 397 g/mol. The van der Waals surface area contributed by atoms with Crippen LogP contribution in [0.4, 0.5) is 10.1 Å². The Kier molecular flexibility index (Phi) is 10.1. The van der Waals surface area contributed by atoms with E-state index in [4.69, 9.17) is 11.0 Å². The van der Waals surface area contributed by atoms with Crippen molar-refractivity contribution in [2.75, 3.05) is 12.3 Å². The zero-order valence-electron chi connectivity index (χ0n) is 17.3. The molecule has 2 rings (SSSR count). The van der Waals surface area contributed by atoms with Gasteiger partial charge in [-0.1, -0.05) is 43.9 Å². The molecule has 2 aromatic rings. The summed E-state index contributed by atoms with van der Waals surface area (Å²) in [7, 11) is 0. The van der Waals surface area contributed by atoms with Gasteiger partial charge in [-0.15, -0.1) is 0 Å². The van der Waals surface area contributed by atoms with Gasteiger partial charge in [0.2, 0.25) is 5.43 Å². The van der Waals surface area contributed by atoms with Gasteiger partial charge in [0.25, 0.3) is 0 Å². The summed E-state index contributed by atoms with van der Waals surface area (Å²) >= 11 is 0. The second kappa shape index (κ2) is 12.3. The number of aromatic nitrogens is 1. The van der Waals surface area contributed by atoms with Crippen molar-refractivity contribution >= 4 is 16.6 Å². The Labute approximate surface area is 171 Å². The molecule has 0 saturated carbocycles. The molecule has 29 heavy (non-hydrogen) atoms. The van der Waals surface area contributed by atoms with Gasteiger partial charge in [0.1, 0.15) is 11.6 Å². The predicted octanol–water partition coefficient (Wildman–Crippen LogP) is 4.42. The molecule has 0 bridgehead atoms. The van der Waals surface area contributed by atoms with Crippen molar-refractivity contribution in [1.29, 1.82) is 5.26 Å². The molecule has 3 N–H and O–H groups in total. The van der Waals surface area contributed by atoms with Gasteiger partial charge in [0.05, 0.1) is 16.6 Å². The van der Waals surface area contributed by atoms with E-state index >= 15 is 0 Å². The number of nitrogen functional groups attached to an aromatic ring is 1. The first kappa shape index (κ1) is 23.9. The molecule has 6 heteroatoms. The van der Waals surface area contributed by atoms with E-state index in [0.29, 0.717) is 24.2 Å². The molecule has 0 atom stereocenters. The Morgan fingerprint density at radius 2 is 2.07 bits per heavy atom. The molecule has 0 amide bonds. The van der Waals surface area contributed by atoms with Crippen LogP contribution >= 0.6 is 0 Å². The number of nitrogens with one attached hydrogen (secondary N) is 1. The zero-order chi connectivity index (χ0) is 21.8. The largest absolute Gasteiger partial charge is 0.396 e. The van der Waals surface area contributed by atoms with Crippen LogP contribution in [-0.4, -0.2) is 11.1 Å². The van der Waals surface area contributed by atoms with E-state index in [2.05, 4.69) is 11.9 Å². The van der Waals surface area contributed by atoms with Crippen LogP contribution in [0, 0.1) is 17.1 Å². The fourth-order valence-corrected chi connectivity index (χ4v) is 2.73. The summed E-state index contributed by atoms with van der Waals surface area (Å²) in [4.78, 5) is 12.3. The molecular formula is C23H29FN4O. The lowest BCUT2D eigenvalue weighted by atomic mass is 10.1. The minimum absolute atomic E-state index is 0.0303. The van der Waals surface area contributed by atoms with Gasteiger partial charge >= 0.3 is 0 Å². The highest BCUT2D eigenvalue weighted by molar-refractivity contribution is 5.92. The minimum Gasteiger partial charge on any atom is -0.396 e. The zero-order valence-corrected chi connectivity index (χ0v) is 17.3. The van der Waals surface area contributed by atoms with Crippen LogP contribution in [-0.2, 0) is 13.1 Å². The van der Waals surface area contributed by atoms with E-state index in [0.717, 1.165) is 13.0 Å². The van der Waals surface area contributed by atoms with Gasteiger partial charge < -0.3 is 15.6 Å². The lowest BCUT2D eigenvalue weighted by molar-refractivity contribution is 0.591. The number of pyridine rings is 1. The number of nitriles is 1. The number of nitrogens with zero attached hydrogens (tertiary/aromatic N) is 2. The lowest BCUT2D eigenvalue weighted by Gasteiger charge is -2.14. The van der Waals surface area contributed by atoms with Crippen LogP contribution in [0.1, 0.15) is 38.3 Å². The van der Waals surface area contributed by atoms with E-state index in [-0.39, 0.29) is 16.6 Å². The van der Waals surface area contributed by atoms with Crippen molar-refractivity contribution in [2.45, 2.75) is 40.3 Å². The Morgan fingerprint density at radius 3 is 2.62 bits per heavy atom. The summed E-state index contributed by atoms with van der Waals surface area (Å²) in [6.07, 6.45) is 11.9. The smallest absolute Gasteiger partial charge is 0.209 e. The van der Waals surface area contributed by atoms with Crippen molar-refractivity contribution in [3.63, 3.8) is 0 Å². The number of fused-ring (bicyclic) bond motifs is 1. The summed E-state index contributed by atoms with van der Waals surface area (Å²) in [5.74, 6) is -0.592. The fraction of sp³-hybridized carbons (Fsp3) is 0.304. The Balaban J connectivity index is 0.000000516. The fourth-order valence-electron chi connectivity index (χ4n) is 2.73.